The number of anilines is 1. The summed E-state index contributed by atoms with van der Waals surface area (Å²) in [6, 6.07) is 15.9. The van der Waals surface area contributed by atoms with Gasteiger partial charge in [0.25, 0.3) is 0 Å². The zero-order valence-corrected chi connectivity index (χ0v) is 15.2. The van der Waals surface area contributed by atoms with Gasteiger partial charge in [-0.15, -0.1) is 11.8 Å². The maximum absolute atomic E-state index is 12.5. The summed E-state index contributed by atoms with van der Waals surface area (Å²) in [5.41, 5.74) is 2.22. The van der Waals surface area contributed by atoms with Crippen molar-refractivity contribution in [3.63, 3.8) is 0 Å². The monoisotopic (exact) mass is 360 g/mol. The van der Waals surface area contributed by atoms with Crippen LogP contribution >= 0.6 is 23.4 Å². The van der Waals surface area contributed by atoms with Gasteiger partial charge >= 0.3 is 0 Å². The molecule has 2 aromatic carbocycles. The van der Waals surface area contributed by atoms with Gasteiger partial charge in [-0.1, -0.05) is 35.9 Å². The Morgan fingerprint density at radius 2 is 2.00 bits per heavy atom. The molecule has 1 aliphatic rings. The van der Waals surface area contributed by atoms with Crippen LogP contribution in [-0.4, -0.2) is 24.7 Å². The molecule has 3 rings (SSSR count). The van der Waals surface area contributed by atoms with Crippen molar-refractivity contribution in [2.24, 2.45) is 0 Å². The van der Waals surface area contributed by atoms with Gasteiger partial charge in [-0.05, 0) is 48.9 Å². The van der Waals surface area contributed by atoms with Gasteiger partial charge in [-0.3, -0.25) is 4.79 Å². The lowest BCUT2D eigenvalue weighted by molar-refractivity contribution is -0.120. The van der Waals surface area contributed by atoms with E-state index in [2.05, 4.69) is 28.4 Å². The normalized spacial score (nSPS) is 15.3. The molecule has 2 aromatic rings. The molecule has 1 N–H and O–H groups in total. The van der Waals surface area contributed by atoms with E-state index in [1.54, 1.807) is 0 Å². The minimum atomic E-state index is -0.0358. The average Bonchev–Trinajstić information content (AvgIpc) is 2.78. The van der Waals surface area contributed by atoms with Crippen LogP contribution in [0.15, 0.2) is 53.4 Å². The molecule has 0 aliphatic carbocycles. The molecular formula is C19H21ClN2OS. The average molecular weight is 361 g/mol. The molecule has 0 radical (unpaired) electrons. The molecule has 1 amide bonds. The molecule has 1 heterocycles. The number of nitrogens with zero attached hydrogens (tertiary/aromatic N) is 1. The fourth-order valence-electron chi connectivity index (χ4n) is 2.86. The van der Waals surface area contributed by atoms with Gasteiger partial charge in [0.05, 0.1) is 18.3 Å². The Morgan fingerprint density at radius 1 is 1.25 bits per heavy atom. The Balaban J connectivity index is 1.65. The van der Waals surface area contributed by atoms with Crippen LogP contribution in [0.3, 0.4) is 0 Å². The molecule has 0 saturated carbocycles. The molecule has 0 unspecified atom stereocenters. The van der Waals surface area contributed by atoms with E-state index in [1.807, 2.05) is 49.0 Å². The summed E-state index contributed by atoms with van der Waals surface area (Å²) in [5, 5.41) is 3.79. The smallest absolute Gasteiger partial charge is 0.239 e. The molecule has 0 fully saturated rings. The minimum Gasteiger partial charge on any atom is -0.361 e. The van der Waals surface area contributed by atoms with Crippen LogP contribution < -0.4 is 10.2 Å². The van der Waals surface area contributed by atoms with E-state index in [9.17, 15) is 4.79 Å². The summed E-state index contributed by atoms with van der Waals surface area (Å²) >= 11 is 7.78. The van der Waals surface area contributed by atoms with Gasteiger partial charge in [0.15, 0.2) is 0 Å². The third-order valence-electron chi connectivity index (χ3n) is 4.12. The fraction of sp³-hybridized carbons (Fsp3) is 0.316. The first kappa shape index (κ1) is 17.2. The standard InChI is InChI=1S/C19H21ClN2OS/c1-14(15-7-9-16(20)10-8-15)21-19(23)13-22-11-4-12-24-18-6-3-2-5-17(18)22/h2-3,5-10,14H,4,11-13H2,1H3,(H,21,23)/t14-/m0/s1. The molecule has 1 atom stereocenters. The number of carbonyl (C=O) groups excluding carboxylic acids is 1. The summed E-state index contributed by atoms with van der Waals surface area (Å²) in [4.78, 5) is 15.9. The van der Waals surface area contributed by atoms with Crippen molar-refractivity contribution in [1.82, 2.24) is 5.32 Å². The summed E-state index contributed by atoms with van der Waals surface area (Å²) in [6.45, 7) is 3.29. The van der Waals surface area contributed by atoms with E-state index in [4.69, 9.17) is 11.6 Å². The summed E-state index contributed by atoms with van der Waals surface area (Å²) in [6.07, 6.45) is 1.08. The van der Waals surface area contributed by atoms with E-state index >= 15 is 0 Å². The lowest BCUT2D eigenvalue weighted by Crippen LogP contribution is -2.38. The third kappa shape index (κ3) is 4.25. The van der Waals surface area contributed by atoms with Gasteiger partial charge in [-0.2, -0.15) is 0 Å². The molecular weight excluding hydrogens is 340 g/mol. The highest BCUT2D eigenvalue weighted by Crippen LogP contribution is 2.33. The number of hydrogen-bond acceptors (Lipinski definition) is 3. The van der Waals surface area contributed by atoms with Crippen molar-refractivity contribution in [2.45, 2.75) is 24.3 Å². The second kappa shape index (κ2) is 7.95. The Labute approximate surface area is 152 Å². The van der Waals surface area contributed by atoms with Crippen molar-refractivity contribution < 1.29 is 4.79 Å². The zero-order valence-electron chi connectivity index (χ0n) is 13.7. The molecule has 1 aliphatic heterocycles. The Bertz CT molecular complexity index is 705. The number of rotatable bonds is 4. The van der Waals surface area contributed by atoms with Crippen LogP contribution in [0.25, 0.3) is 0 Å². The lowest BCUT2D eigenvalue weighted by atomic mass is 10.1. The van der Waals surface area contributed by atoms with Crippen LogP contribution in [0.2, 0.25) is 5.02 Å². The molecule has 24 heavy (non-hydrogen) atoms. The van der Waals surface area contributed by atoms with Crippen LogP contribution in [0.4, 0.5) is 5.69 Å². The molecule has 5 heteroatoms. The van der Waals surface area contributed by atoms with Crippen molar-refractivity contribution in [2.75, 3.05) is 23.7 Å². The number of benzene rings is 2. The van der Waals surface area contributed by atoms with Crippen LogP contribution in [0.5, 0.6) is 0 Å². The van der Waals surface area contributed by atoms with Crippen molar-refractivity contribution in [3.05, 3.63) is 59.1 Å². The van der Waals surface area contributed by atoms with E-state index in [0.29, 0.717) is 11.6 Å². The number of hydrogen-bond donors (Lipinski definition) is 1. The second-order valence-corrected chi connectivity index (χ2v) is 7.51. The number of carbonyl (C=O) groups is 1. The first-order chi connectivity index (χ1) is 11.6. The number of fused-ring (bicyclic) bond motifs is 1. The summed E-state index contributed by atoms with van der Waals surface area (Å²) < 4.78 is 0. The highest BCUT2D eigenvalue weighted by atomic mass is 35.5. The molecule has 3 nitrogen and oxygen atoms in total. The van der Waals surface area contributed by atoms with Gasteiger partial charge in [0.1, 0.15) is 0 Å². The predicted octanol–water partition coefficient (Wildman–Crippen LogP) is 4.52. The molecule has 126 valence electrons. The van der Waals surface area contributed by atoms with Gasteiger partial charge in [0.2, 0.25) is 5.91 Å². The van der Waals surface area contributed by atoms with Crippen LogP contribution in [-0.2, 0) is 4.79 Å². The highest BCUT2D eigenvalue weighted by Gasteiger charge is 2.19. The molecule has 0 bridgehead atoms. The van der Waals surface area contributed by atoms with Crippen molar-refractivity contribution in [3.8, 4) is 0 Å². The zero-order chi connectivity index (χ0) is 16.9. The highest BCUT2D eigenvalue weighted by molar-refractivity contribution is 7.99. The van der Waals surface area contributed by atoms with Gasteiger partial charge < -0.3 is 10.2 Å². The van der Waals surface area contributed by atoms with E-state index in [1.165, 1.54) is 4.90 Å². The first-order valence-corrected chi connectivity index (χ1v) is 9.51. The molecule has 0 saturated heterocycles. The maximum atomic E-state index is 12.5. The Morgan fingerprint density at radius 3 is 2.79 bits per heavy atom. The van der Waals surface area contributed by atoms with Crippen LogP contribution in [0, 0.1) is 0 Å². The number of para-hydroxylation sites is 1. The van der Waals surface area contributed by atoms with Gasteiger partial charge in [-0.25, -0.2) is 0 Å². The number of nitrogens with one attached hydrogen (secondary N) is 1. The van der Waals surface area contributed by atoms with Crippen LogP contribution in [0.1, 0.15) is 24.9 Å². The largest absolute Gasteiger partial charge is 0.361 e. The fourth-order valence-corrected chi connectivity index (χ4v) is 4.00. The number of halogens is 1. The third-order valence-corrected chi connectivity index (χ3v) is 5.52. The number of amides is 1. The first-order valence-electron chi connectivity index (χ1n) is 8.15. The SMILES string of the molecule is C[C@H](NC(=O)CN1CCCSc2ccccc21)c1ccc(Cl)cc1. The Kier molecular flexibility index (Phi) is 5.69. The van der Waals surface area contributed by atoms with E-state index < -0.39 is 0 Å². The quantitative estimate of drug-likeness (QED) is 0.870. The van der Waals surface area contributed by atoms with E-state index in [0.717, 1.165) is 30.0 Å². The second-order valence-electron chi connectivity index (χ2n) is 5.93. The molecule has 0 aromatic heterocycles. The van der Waals surface area contributed by atoms with Crippen molar-refractivity contribution >= 4 is 35.0 Å². The molecule has 0 spiro atoms. The Hall–Kier alpha value is -1.65. The maximum Gasteiger partial charge on any atom is 0.239 e. The van der Waals surface area contributed by atoms with Crippen molar-refractivity contribution in [1.29, 1.82) is 0 Å². The topological polar surface area (TPSA) is 32.3 Å². The van der Waals surface area contributed by atoms with Gasteiger partial charge in [0, 0.05) is 16.5 Å². The lowest BCUT2D eigenvalue weighted by Gasteiger charge is -2.25. The van der Waals surface area contributed by atoms with E-state index in [-0.39, 0.29) is 11.9 Å². The number of thioether (sulfide) groups is 1. The summed E-state index contributed by atoms with van der Waals surface area (Å²) in [5.74, 6) is 1.13. The minimum absolute atomic E-state index is 0.0358. The summed E-state index contributed by atoms with van der Waals surface area (Å²) in [7, 11) is 0. The predicted molar refractivity (Wildman–Crippen MR) is 102 cm³/mol.